The Morgan fingerprint density at radius 3 is 2.63 bits per heavy atom. The quantitative estimate of drug-likeness (QED) is 0.739. The summed E-state index contributed by atoms with van der Waals surface area (Å²) in [5.74, 6) is 0.563. The van der Waals surface area contributed by atoms with E-state index in [0.717, 1.165) is 24.8 Å². The predicted molar refractivity (Wildman–Crippen MR) is 74.8 cm³/mol. The van der Waals surface area contributed by atoms with Gasteiger partial charge in [0.1, 0.15) is 5.82 Å². The monoisotopic (exact) mass is 263 g/mol. The van der Waals surface area contributed by atoms with E-state index in [4.69, 9.17) is 0 Å². The van der Waals surface area contributed by atoms with Crippen molar-refractivity contribution in [2.75, 3.05) is 11.9 Å². The maximum absolute atomic E-state index is 11.6. The summed E-state index contributed by atoms with van der Waals surface area (Å²) in [7, 11) is 0. The van der Waals surface area contributed by atoms with Crippen LogP contribution < -0.4 is 10.6 Å². The SMILES string of the molecule is CC(=O)NCCCCCC(=O)Nc1ccc(C)cn1. The number of pyridine rings is 1. The third-order valence-corrected chi connectivity index (χ3v) is 2.63. The zero-order valence-corrected chi connectivity index (χ0v) is 11.5. The number of aryl methyl sites for hydroxylation is 1. The van der Waals surface area contributed by atoms with Crippen LogP contribution in [-0.2, 0) is 9.59 Å². The van der Waals surface area contributed by atoms with Gasteiger partial charge in [-0.3, -0.25) is 9.59 Å². The topological polar surface area (TPSA) is 71.1 Å². The first-order chi connectivity index (χ1) is 9.08. The van der Waals surface area contributed by atoms with Crippen molar-refractivity contribution in [2.45, 2.75) is 39.5 Å². The third-order valence-electron chi connectivity index (χ3n) is 2.63. The highest BCUT2D eigenvalue weighted by Gasteiger charge is 2.02. The van der Waals surface area contributed by atoms with Crippen molar-refractivity contribution in [3.63, 3.8) is 0 Å². The molecule has 2 amide bonds. The molecule has 0 aliphatic rings. The van der Waals surface area contributed by atoms with E-state index in [1.165, 1.54) is 6.92 Å². The molecule has 0 aliphatic heterocycles. The van der Waals surface area contributed by atoms with Crippen LogP contribution in [0.1, 0.15) is 38.2 Å². The molecule has 1 aromatic rings. The van der Waals surface area contributed by atoms with Gasteiger partial charge in [0, 0.05) is 26.1 Å². The summed E-state index contributed by atoms with van der Waals surface area (Å²) in [6, 6.07) is 3.71. The smallest absolute Gasteiger partial charge is 0.225 e. The van der Waals surface area contributed by atoms with E-state index in [2.05, 4.69) is 15.6 Å². The summed E-state index contributed by atoms with van der Waals surface area (Å²) >= 11 is 0. The number of nitrogens with one attached hydrogen (secondary N) is 2. The normalized spacial score (nSPS) is 10.0. The van der Waals surface area contributed by atoms with Gasteiger partial charge in [-0.05, 0) is 31.4 Å². The molecule has 0 aliphatic carbocycles. The zero-order valence-electron chi connectivity index (χ0n) is 11.5. The number of carbonyl (C=O) groups excluding carboxylic acids is 2. The first-order valence-electron chi connectivity index (χ1n) is 6.55. The van der Waals surface area contributed by atoms with E-state index in [-0.39, 0.29) is 11.8 Å². The Labute approximate surface area is 113 Å². The van der Waals surface area contributed by atoms with Gasteiger partial charge >= 0.3 is 0 Å². The molecule has 0 saturated carbocycles. The Bertz CT molecular complexity index is 415. The van der Waals surface area contributed by atoms with Gasteiger partial charge in [-0.2, -0.15) is 0 Å². The number of hydrogen-bond donors (Lipinski definition) is 2. The molecule has 19 heavy (non-hydrogen) atoms. The van der Waals surface area contributed by atoms with E-state index in [0.29, 0.717) is 18.8 Å². The van der Waals surface area contributed by atoms with E-state index < -0.39 is 0 Å². The van der Waals surface area contributed by atoms with Crippen LogP contribution in [0.2, 0.25) is 0 Å². The molecule has 0 radical (unpaired) electrons. The number of rotatable bonds is 7. The lowest BCUT2D eigenvalue weighted by molar-refractivity contribution is -0.119. The Morgan fingerprint density at radius 2 is 2.00 bits per heavy atom. The van der Waals surface area contributed by atoms with Gasteiger partial charge < -0.3 is 10.6 Å². The van der Waals surface area contributed by atoms with Crippen molar-refractivity contribution in [2.24, 2.45) is 0 Å². The molecule has 1 aromatic heterocycles. The predicted octanol–water partition coefficient (Wildman–Crippen LogP) is 2.03. The molecule has 5 nitrogen and oxygen atoms in total. The van der Waals surface area contributed by atoms with Gasteiger partial charge in [0.25, 0.3) is 0 Å². The molecule has 0 saturated heterocycles. The minimum Gasteiger partial charge on any atom is -0.356 e. The highest BCUT2D eigenvalue weighted by atomic mass is 16.2. The minimum absolute atomic E-state index is 0.0109. The van der Waals surface area contributed by atoms with Crippen molar-refractivity contribution in [3.05, 3.63) is 23.9 Å². The van der Waals surface area contributed by atoms with Gasteiger partial charge in [-0.25, -0.2) is 4.98 Å². The largest absolute Gasteiger partial charge is 0.356 e. The average Bonchev–Trinajstić information content (AvgIpc) is 2.36. The van der Waals surface area contributed by atoms with Gasteiger partial charge in [-0.15, -0.1) is 0 Å². The van der Waals surface area contributed by atoms with Crippen LogP contribution in [0.15, 0.2) is 18.3 Å². The van der Waals surface area contributed by atoms with Gasteiger partial charge in [0.05, 0.1) is 0 Å². The number of hydrogen-bond acceptors (Lipinski definition) is 3. The lowest BCUT2D eigenvalue weighted by Crippen LogP contribution is -2.20. The van der Waals surface area contributed by atoms with Crippen LogP contribution >= 0.6 is 0 Å². The molecule has 104 valence electrons. The van der Waals surface area contributed by atoms with E-state index in [1.54, 1.807) is 12.3 Å². The van der Waals surface area contributed by atoms with Crippen LogP contribution in [0.4, 0.5) is 5.82 Å². The third kappa shape index (κ3) is 7.18. The van der Waals surface area contributed by atoms with Crippen LogP contribution in [0.5, 0.6) is 0 Å². The fraction of sp³-hybridized carbons (Fsp3) is 0.500. The first-order valence-corrected chi connectivity index (χ1v) is 6.55. The lowest BCUT2D eigenvalue weighted by Gasteiger charge is -2.05. The summed E-state index contributed by atoms with van der Waals surface area (Å²) in [5.41, 5.74) is 1.07. The van der Waals surface area contributed by atoms with Gasteiger partial charge in [-0.1, -0.05) is 12.5 Å². The van der Waals surface area contributed by atoms with E-state index in [1.807, 2.05) is 13.0 Å². The van der Waals surface area contributed by atoms with Crippen LogP contribution in [0.3, 0.4) is 0 Å². The maximum Gasteiger partial charge on any atom is 0.225 e. The number of nitrogens with zero attached hydrogens (tertiary/aromatic N) is 1. The Kier molecular flexibility index (Phi) is 6.57. The zero-order chi connectivity index (χ0) is 14.1. The van der Waals surface area contributed by atoms with E-state index in [9.17, 15) is 9.59 Å². The fourth-order valence-corrected chi connectivity index (χ4v) is 1.60. The molecular weight excluding hydrogens is 242 g/mol. The molecule has 0 atom stereocenters. The molecular formula is C14H21N3O2. The lowest BCUT2D eigenvalue weighted by atomic mass is 10.2. The van der Waals surface area contributed by atoms with Crippen LogP contribution in [-0.4, -0.2) is 23.3 Å². The first kappa shape index (κ1) is 15.1. The highest BCUT2D eigenvalue weighted by molar-refractivity contribution is 5.89. The highest BCUT2D eigenvalue weighted by Crippen LogP contribution is 2.06. The average molecular weight is 263 g/mol. The van der Waals surface area contributed by atoms with Gasteiger partial charge in [0.15, 0.2) is 0 Å². The second-order valence-electron chi connectivity index (χ2n) is 4.56. The fourth-order valence-electron chi connectivity index (χ4n) is 1.60. The van der Waals surface area contributed by atoms with Crippen molar-refractivity contribution in [3.8, 4) is 0 Å². The molecule has 5 heteroatoms. The van der Waals surface area contributed by atoms with Gasteiger partial charge in [0.2, 0.25) is 11.8 Å². The Balaban J connectivity index is 2.11. The number of amides is 2. The van der Waals surface area contributed by atoms with Crippen molar-refractivity contribution < 1.29 is 9.59 Å². The minimum atomic E-state index is -0.0177. The molecule has 0 aromatic carbocycles. The summed E-state index contributed by atoms with van der Waals surface area (Å²) in [4.78, 5) is 26.4. The number of anilines is 1. The van der Waals surface area contributed by atoms with Crippen molar-refractivity contribution >= 4 is 17.6 Å². The molecule has 2 N–H and O–H groups in total. The molecule has 0 unspecified atom stereocenters. The Morgan fingerprint density at radius 1 is 1.21 bits per heavy atom. The van der Waals surface area contributed by atoms with E-state index >= 15 is 0 Å². The Hall–Kier alpha value is -1.91. The van der Waals surface area contributed by atoms with Crippen LogP contribution in [0.25, 0.3) is 0 Å². The van der Waals surface area contributed by atoms with Crippen LogP contribution in [0, 0.1) is 6.92 Å². The molecule has 0 spiro atoms. The maximum atomic E-state index is 11.6. The summed E-state index contributed by atoms with van der Waals surface area (Å²) in [6.07, 6.45) is 4.85. The molecule has 1 heterocycles. The van der Waals surface area contributed by atoms with Crippen molar-refractivity contribution in [1.82, 2.24) is 10.3 Å². The molecule has 0 fully saturated rings. The number of carbonyl (C=O) groups is 2. The molecule has 1 rings (SSSR count). The second-order valence-corrected chi connectivity index (χ2v) is 4.56. The number of aromatic nitrogens is 1. The standard InChI is InChI=1S/C14H21N3O2/c1-11-7-8-13(16-10-11)17-14(19)6-4-3-5-9-15-12(2)18/h7-8,10H,3-6,9H2,1-2H3,(H,15,18)(H,16,17,19). The second kappa shape index (κ2) is 8.24. The summed E-state index contributed by atoms with van der Waals surface area (Å²) in [6.45, 7) is 4.13. The number of unbranched alkanes of at least 4 members (excludes halogenated alkanes) is 2. The van der Waals surface area contributed by atoms with Crippen molar-refractivity contribution in [1.29, 1.82) is 0 Å². The molecule has 0 bridgehead atoms. The summed E-state index contributed by atoms with van der Waals surface area (Å²) < 4.78 is 0. The summed E-state index contributed by atoms with van der Waals surface area (Å²) in [5, 5.41) is 5.49.